The molecule has 1 N–H and O–H groups in total. The Bertz CT molecular complexity index is 869. The Kier molecular flexibility index (Phi) is 8.29. The topological polar surface area (TPSA) is 81.7 Å². The number of hydrogen-bond acceptors (Lipinski definition) is 5. The maximum atomic E-state index is 11.9. The van der Waals surface area contributed by atoms with E-state index < -0.39 is 18.5 Å². The lowest BCUT2D eigenvalue weighted by molar-refractivity contribution is -0.147. The molecule has 0 aliphatic heterocycles. The quantitative estimate of drug-likeness (QED) is 0.363. The van der Waals surface area contributed by atoms with Crippen molar-refractivity contribution in [1.82, 2.24) is 0 Å². The average molecular weight is 424 g/mol. The molecule has 8 heteroatoms. The SMILES string of the molecule is CC(=O)c1cccc(NC(=O)COC(=O)CCCOc2ccc(Cl)cc2Cl)c1. The molecular formula is C20H19Cl2NO5. The number of ether oxygens (including phenoxy) is 2. The Morgan fingerprint density at radius 2 is 1.86 bits per heavy atom. The molecule has 148 valence electrons. The predicted octanol–water partition coefficient (Wildman–Crippen LogP) is 4.54. The Balaban J connectivity index is 1.67. The Hall–Kier alpha value is -2.57. The molecule has 0 heterocycles. The van der Waals surface area contributed by atoms with E-state index in [4.69, 9.17) is 32.7 Å². The molecule has 2 aromatic rings. The number of benzene rings is 2. The van der Waals surface area contributed by atoms with Gasteiger partial charge in [-0.25, -0.2) is 0 Å². The highest BCUT2D eigenvalue weighted by Gasteiger charge is 2.09. The van der Waals surface area contributed by atoms with Crippen LogP contribution in [0.15, 0.2) is 42.5 Å². The van der Waals surface area contributed by atoms with Crippen LogP contribution in [0, 0.1) is 0 Å². The molecule has 2 rings (SSSR count). The van der Waals surface area contributed by atoms with Gasteiger partial charge in [0.15, 0.2) is 12.4 Å². The number of carbonyl (C=O) groups is 3. The number of esters is 1. The van der Waals surface area contributed by atoms with Crippen LogP contribution in [0.1, 0.15) is 30.1 Å². The molecule has 0 atom stereocenters. The third-order valence-electron chi connectivity index (χ3n) is 3.59. The molecular weight excluding hydrogens is 405 g/mol. The van der Waals surface area contributed by atoms with E-state index in [9.17, 15) is 14.4 Å². The van der Waals surface area contributed by atoms with Gasteiger partial charge in [-0.3, -0.25) is 14.4 Å². The van der Waals surface area contributed by atoms with E-state index in [1.54, 1.807) is 42.5 Å². The minimum atomic E-state index is -0.515. The van der Waals surface area contributed by atoms with Gasteiger partial charge in [-0.2, -0.15) is 0 Å². The van der Waals surface area contributed by atoms with Crippen LogP contribution in [0.2, 0.25) is 10.0 Å². The predicted molar refractivity (Wildman–Crippen MR) is 107 cm³/mol. The molecule has 0 fully saturated rings. The summed E-state index contributed by atoms with van der Waals surface area (Å²) in [5.41, 5.74) is 0.942. The number of ketones is 1. The third kappa shape index (κ3) is 7.21. The van der Waals surface area contributed by atoms with Gasteiger partial charge in [-0.15, -0.1) is 0 Å². The number of halogens is 2. The second kappa shape index (κ2) is 10.7. The Morgan fingerprint density at radius 1 is 1.07 bits per heavy atom. The molecule has 0 aromatic heterocycles. The summed E-state index contributed by atoms with van der Waals surface area (Å²) in [6.45, 7) is 1.29. The van der Waals surface area contributed by atoms with Gasteiger partial charge in [0.05, 0.1) is 11.6 Å². The molecule has 2 aromatic carbocycles. The monoisotopic (exact) mass is 423 g/mol. The number of amides is 1. The van der Waals surface area contributed by atoms with Crippen molar-refractivity contribution < 1.29 is 23.9 Å². The smallest absolute Gasteiger partial charge is 0.306 e. The van der Waals surface area contributed by atoms with Crippen molar-refractivity contribution >= 4 is 46.5 Å². The molecule has 0 bridgehead atoms. The van der Waals surface area contributed by atoms with Gasteiger partial charge >= 0.3 is 5.97 Å². The highest BCUT2D eigenvalue weighted by molar-refractivity contribution is 6.35. The molecule has 28 heavy (non-hydrogen) atoms. The van der Waals surface area contributed by atoms with E-state index in [-0.39, 0.29) is 18.8 Å². The van der Waals surface area contributed by atoms with E-state index in [2.05, 4.69) is 5.32 Å². The normalized spacial score (nSPS) is 10.2. The lowest BCUT2D eigenvalue weighted by Gasteiger charge is -2.09. The van der Waals surface area contributed by atoms with Gasteiger partial charge in [-0.1, -0.05) is 35.3 Å². The number of nitrogens with one attached hydrogen (secondary N) is 1. The summed E-state index contributed by atoms with van der Waals surface area (Å²) in [4.78, 5) is 34.9. The van der Waals surface area contributed by atoms with Crippen LogP contribution in [0.25, 0.3) is 0 Å². The van der Waals surface area contributed by atoms with E-state index in [0.717, 1.165) is 0 Å². The first-order chi connectivity index (χ1) is 13.3. The zero-order valence-electron chi connectivity index (χ0n) is 15.2. The fraction of sp³-hybridized carbons (Fsp3) is 0.250. The summed E-state index contributed by atoms with van der Waals surface area (Å²) in [5.74, 6) is -0.632. The molecule has 0 aliphatic rings. The highest BCUT2D eigenvalue weighted by Crippen LogP contribution is 2.27. The fourth-order valence-electron chi connectivity index (χ4n) is 2.22. The molecule has 0 saturated carbocycles. The minimum Gasteiger partial charge on any atom is -0.492 e. The van der Waals surface area contributed by atoms with Crippen molar-refractivity contribution in [1.29, 1.82) is 0 Å². The molecule has 6 nitrogen and oxygen atoms in total. The van der Waals surface area contributed by atoms with Gasteiger partial charge in [-0.05, 0) is 43.7 Å². The summed E-state index contributed by atoms with van der Waals surface area (Å²) in [6.07, 6.45) is 0.498. The van der Waals surface area contributed by atoms with Crippen molar-refractivity contribution in [2.75, 3.05) is 18.5 Å². The standard InChI is InChI=1S/C20H19Cl2NO5/c1-13(24)14-4-2-5-16(10-14)23-19(25)12-28-20(26)6-3-9-27-18-8-7-15(21)11-17(18)22/h2,4-5,7-8,10-11H,3,6,9,12H2,1H3,(H,23,25). The van der Waals surface area contributed by atoms with Crippen LogP contribution in [0.4, 0.5) is 5.69 Å². The lowest BCUT2D eigenvalue weighted by Crippen LogP contribution is -2.21. The number of rotatable bonds is 9. The molecule has 0 saturated heterocycles. The maximum absolute atomic E-state index is 11.9. The zero-order valence-corrected chi connectivity index (χ0v) is 16.7. The number of anilines is 1. The molecule has 0 radical (unpaired) electrons. The van der Waals surface area contributed by atoms with Crippen LogP contribution < -0.4 is 10.1 Å². The first-order valence-electron chi connectivity index (χ1n) is 8.49. The van der Waals surface area contributed by atoms with Crippen molar-refractivity contribution in [3.63, 3.8) is 0 Å². The van der Waals surface area contributed by atoms with Crippen molar-refractivity contribution in [2.45, 2.75) is 19.8 Å². The second-order valence-electron chi connectivity index (χ2n) is 5.87. The van der Waals surface area contributed by atoms with Crippen LogP contribution in [0.5, 0.6) is 5.75 Å². The van der Waals surface area contributed by atoms with E-state index in [1.165, 1.54) is 6.92 Å². The first kappa shape index (κ1) is 21.7. The maximum Gasteiger partial charge on any atom is 0.306 e. The number of carbonyl (C=O) groups excluding carboxylic acids is 3. The van der Waals surface area contributed by atoms with Crippen LogP contribution in [0.3, 0.4) is 0 Å². The molecule has 0 unspecified atom stereocenters. The van der Waals surface area contributed by atoms with Gasteiger partial charge in [0.1, 0.15) is 5.75 Å². The van der Waals surface area contributed by atoms with Gasteiger partial charge in [0.25, 0.3) is 5.91 Å². The van der Waals surface area contributed by atoms with Crippen LogP contribution in [-0.2, 0) is 14.3 Å². The fourth-order valence-corrected chi connectivity index (χ4v) is 2.69. The lowest BCUT2D eigenvalue weighted by atomic mass is 10.1. The van der Waals surface area contributed by atoms with E-state index >= 15 is 0 Å². The summed E-state index contributed by atoms with van der Waals surface area (Å²) >= 11 is 11.8. The van der Waals surface area contributed by atoms with Crippen molar-refractivity contribution in [3.8, 4) is 5.75 Å². The molecule has 0 aliphatic carbocycles. The molecule has 1 amide bonds. The number of Topliss-reactive ketones (excluding diaryl/α,β-unsaturated/α-hetero) is 1. The van der Waals surface area contributed by atoms with E-state index in [0.29, 0.717) is 33.5 Å². The van der Waals surface area contributed by atoms with Crippen molar-refractivity contribution in [2.24, 2.45) is 0 Å². The van der Waals surface area contributed by atoms with Crippen LogP contribution >= 0.6 is 23.2 Å². The largest absolute Gasteiger partial charge is 0.492 e. The average Bonchev–Trinajstić information content (AvgIpc) is 2.65. The zero-order chi connectivity index (χ0) is 20.5. The third-order valence-corrected chi connectivity index (χ3v) is 4.12. The summed E-state index contributed by atoms with van der Waals surface area (Å²) in [6, 6.07) is 11.4. The minimum absolute atomic E-state index is 0.0955. The number of hydrogen-bond donors (Lipinski definition) is 1. The summed E-state index contributed by atoms with van der Waals surface area (Å²) < 4.78 is 10.4. The highest BCUT2D eigenvalue weighted by atomic mass is 35.5. The van der Waals surface area contributed by atoms with Crippen molar-refractivity contribution in [3.05, 3.63) is 58.1 Å². The van der Waals surface area contributed by atoms with E-state index in [1.807, 2.05) is 0 Å². The van der Waals surface area contributed by atoms with Gasteiger partial charge < -0.3 is 14.8 Å². The second-order valence-corrected chi connectivity index (χ2v) is 6.72. The Morgan fingerprint density at radius 3 is 2.57 bits per heavy atom. The summed E-state index contributed by atoms with van der Waals surface area (Å²) in [7, 11) is 0. The van der Waals surface area contributed by atoms with Gasteiger partial charge in [0, 0.05) is 22.7 Å². The summed E-state index contributed by atoms with van der Waals surface area (Å²) in [5, 5.41) is 3.47. The Labute approximate surface area is 172 Å². The first-order valence-corrected chi connectivity index (χ1v) is 9.25. The van der Waals surface area contributed by atoms with Gasteiger partial charge in [0.2, 0.25) is 0 Å². The van der Waals surface area contributed by atoms with Crippen LogP contribution in [-0.4, -0.2) is 30.9 Å². The molecule has 0 spiro atoms.